The fourth-order valence-electron chi connectivity index (χ4n) is 2.64. The maximum absolute atomic E-state index is 5.57. The van der Waals surface area contributed by atoms with Crippen molar-refractivity contribution in [3.8, 4) is 5.75 Å². The van der Waals surface area contributed by atoms with Gasteiger partial charge in [0.05, 0.1) is 13.2 Å². The molecule has 142 valence electrons. The van der Waals surface area contributed by atoms with Crippen molar-refractivity contribution in [1.29, 1.82) is 0 Å². The van der Waals surface area contributed by atoms with Crippen molar-refractivity contribution in [2.45, 2.75) is 12.5 Å². The monoisotopic (exact) mass is 469 g/mol. The molecule has 26 heavy (non-hydrogen) atoms. The molecule has 1 unspecified atom stereocenters. The fraction of sp³-hybridized carbons (Fsp3) is 0.350. The summed E-state index contributed by atoms with van der Waals surface area (Å²) in [7, 11) is 5.18. The Morgan fingerprint density at radius 3 is 2.35 bits per heavy atom. The highest BCUT2D eigenvalue weighted by Crippen LogP contribution is 2.17. The Bertz CT molecular complexity index is 665. The number of hydrogen-bond donors (Lipinski definition) is 2. The normalized spacial score (nSPS) is 12.0. The first-order valence-electron chi connectivity index (χ1n) is 8.42. The van der Waals surface area contributed by atoms with Crippen molar-refractivity contribution in [2.75, 3.05) is 34.4 Å². The number of rotatable bonds is 8. The Hall–Kier alpha value is -1.80. The van der Waals surface area contributed by atoms with Gasteiger partial charge in [0.2, 0.25) is 0 Å². The van der Waals surface area contributed by atoms with Crippen LogP contribution in [0.2, 0.25) is 0 Å². The molecule has 0 aliphatic rings. The molecule has 6 heteroatoms. The third kappa shape index (κ3) is 6.84. The summed E-state index contributed by atoms with van der Waals surface area (Å²) in [6, 6.07) is 18.2. The molecule has 0 spiro atoms. The van der Waals surface area contributed by atoms with Crippen LogP contribution in [0.3, 0.4) is 0 Å². The van der Waals surface area contributed by atoms with Crippen LogP contribution in [0.15, 0.2) is 59.6 Å². The van der Waals surface area contributed by atoms with Gasteiger partial charge in [-0.3, -0.25) is 4.99 Å². The lowest BCUT2D eigenvalue weighted by molar-refractivity contribution is 0.106. The third-order valence-electron chi connectivity index (χ3n) is 4.01. The zero-order valence-electron chi connectivity index (χ0n) is 15.6. The largest absolute Gasteiger partial charge is 0.496 e. The number of para-hydroxylation sites is 1. The average molecular weight is 469 g/mol. The number of aliphatic imine (C=N–C) groups is 1. The first-order chi connectivity index (χ1) is 12.3. The zero-order valence-corrected chi connectivity index (χ0v) is 17.9. The maximum atomic E-state index is 5.57. The Labute approximate surface area is 173 Å². The number of guanidine groups is 1. The fourth-order valence-corrected chi connectivity index (χ4v) is 2.64. The Morgan fingerprint density at radius 1 is 1.00 bits per heavy atom. The van der Waals surface area contributed by atoms with Gasteiger partial charge in [0, 0.05) is 27.2 Å². The van der Waals surface area contributed by atoms with E-state index in [1.165, 1.54) is 5.56 Å². The van der Waals surface area contributed by atoms with Gasteiger partial charge in [0.25, 0.3) is 0 Å². The molecule has 0 aliphatic heterocycles. The van der Waals surface area contributed by atoms with Gasteiger partial charge in [0.1, 0.15) is 5.75 Å². The van der Waals surface area contributed by atoms with Gasteiger partial charge >= 0.3 is 0 Å². The summed E-state index contributed by atoms with van der Waals surface area (Å²) in [5, 5.41) is 6.64. The van der Waals surface area contributed by atoms with Crippen molar-refractivity contribution in [1.82, 2.24) is 10.6 Å². The molecule has 0 heterocycles. The van der Waals surface area contributed by atoms with E-state index in [0.717, 1.165) is 30.2 Å². The topological polar surface area (TPSA) is 54.9 Å². The van der Waals surface area contributed by atoms with Crippen LogP contribution in [0.4, 0.5) is 0 Å². The number of nitrogens with one attached hydrogen (secondary N) is 2. The lowest BCUT2D eigenvalue weighted by Crippen LogP contribution is -2.40. The van der Waals surface area contributed by atoms with E-state index >= 15 is 0 Å². The molecule has 2 aromatic carbocycles. The first-order valence-corrected chi connectivity index (χ1v) is 8.42. The first kappa shape index (κ1) is 22.2. The number of methoxy groups -OCH3 is 2. The molecule has 0 radical (unpaired) electrons. The molecule has 0 saturated carbocycles. The molecule has 0 saturated heterocycles. The predicted octanol–water partition coefficient (Wildman–Crippen LogP) is 3.41. The van der Waals surface area contributed by atoms with E-state index in [0.29, 0.717) is 6.54 Å². The Morgan fingerprint density at radius 2 is 1.69 bits per heavy atom. The molecule has 0 fully saturated rings. The van der Waals surface area contributed by atoms with E-state index in [-0.39, 0.29) is 30.1 Å². The van der Waals surface area contributed by atoms with Crippen LogP contribution in [0.25, 0.3) is 0 Å². The maximum Gasteiger partial charge on any atom is 0.191 e. The molecule has 0 amide bonds. The van der Waals surface area contributed by atoms with Crippen molar-refractivity contribution in [3.63, 3.8) is 0 Å². The summed E-state index contributed by atoms with van der Waals surface area (Å²) in [5.41, 5.74) is 2.31. The van der Waals surface area contributed by atoms with Gasteiger partial charge in [-0.1, -0.05) is 48.5 Å². The molecular formula is C20H28IN3O2. The highest BCUT2D eigenvalue weighted by Gasteiger charge is 2.10. The van der Waals surface area contributed by atoms with Gasteiger partial charge in [-0.05, 0) is 23.6 Å². The molecule has 0 bridgehead atoms. The van der Waals surface area contributed by atoms with E-state index in [1.54, 1.807) is 21.3 Å². The van der Waals surface area contributed by atoms with Gasteiger partial charge in [-0.2, -0.15) is 0 Å². The van der Waals surface area contributed by atoms with Gasteiger partial charge in [-0.15, -0.1) is 24.0 Å². The van der Waals surface area contributed by atoms with Crippen molar-refractivity contribution in [3.05, 3.63) is 65.7 Å². The van der Waals surface area contributed by atoms with Crippen LogP contribution < -0.4 is 15.4 Å². The second-order valence-electron chi connectivity index (χ2n) is 5.58. The Kier molecular flexibility index (Phi) is 10.7. The van der Waals surface area contributed by atoms with E-state index in [4.69, 9.17) is 9.47 Å². The highest BCUT2D eigenvalue weighted by molar-refractivity contribution is 14.0. The van der Waals surface area contributed by atoms with Crippen LogP contribution in [-0.2, 0) is 11.2 Å². The summed E-state index contributed by atoms with van der Waals surface area (Å²) in [5.74, 6) is 1.67. The molecule has 5 nitrogen and oxygen atoms in total. The van der Waals surface area contributed by atoms with Crippen LogP contribution in [0.5, 0.6) is 5.75 Å². The molecular weight excluding hydrogens is 441 g/mol. The van der Waals surface area contributed by atoms with E-state index in [2.05, 4.69) is 33.8 Å². The van der Waals surface area contributed by atoms with Crippen LogP contribution in [-0.4, -0.2) is 40.3 Å². The standard InChI is InChI=1S/C20H27N3O2.HI/c1-21-20(22-14-13-17-11-7-8-12-18(17)24-2)23-15-19(25-3)16-9-5-4-6-10-16;/h4-12,19H,13-15H2,1-3H3,(H2,21,22,23);1H. The molecule has 0 aromatic heterocycles. The summed E-state index contributed by atoms with van der Waals surface area (Å²) in [6.45, 7) is 1.41. The Balaban J connectivity index is 0.00000338. The number of halogens is 1. The van der Waals surface area contributed by atoms with E-state index in [1.807, 2.05) is 36.4 Å². The van der Waals surface area contributed by atoms with Crippen LogP contribution in [0.1, 0.15) is 17.2 Å². The van der Waals surface area contributed by atoms with Crippen molar-refractivity contribution >= 4 is 29.9 Å². The lowest BCUT2D eigenvalue weighted by Gasteiger charge is -2.19. The highest BCUT2D eigenvalue weighted by atomic mass is 127. The predicted molar refractivity (Wildman–Crippen MR) is 118 cm³/mol. The average Bonchev–Trinajstić information content (AvgIpc) is 2.68. The minimum atomic E-state index is -0.0195. The molecule has 0 aliphatic carbocycles. The van der Waals surface area contributed by atoms with E-state index < -0.39 is 0 Å². The minimum absolute atomic E-state index is 0. The van der Waals surface area contributed by atoms with E-state index in [9.17, 15) is 0 Å². The smallest absolute Gasteiger partial charge is 0.191 e. The summed E-state index contributed by atoms with van der Waals surface area (Å²) < 4.78 is 11.0. The van der Waals surface area contributed by atoms with Gasteiger partial charge in [0.15, 0.2) is 5.96 Å². The SMILES string of the molecule is CN=C(NCCc1ccccc1OC)NCC(OC)c1ccccc1.I. The summed E-state index contributed by atoms with van der Waals surface area (Å²) >= 11 is 0. The molecule has 2 aromatic rings. The third-order valence-corrected chi connectivity index (χ3v) is 4.01. The number of nitrogens with zero attached hydrogens (tertiary/aromatic N) is 1. The minimum Gasteiger partial charge on any atom is -0.496 e. The second kappa shape index (κ2) is 12.5. The quantitative estimate of drug-likeness (QED) is 0.354. The molecule has 2 N–H and O–H groups in total. The van der Waals surface area contributed by atoms with Crippen molar-refractivity contribution in [2.24, 2.45) is 4.99 Å². The van der Waals surface area contributed by atoms with Crippen LogP contribution >= 0.6 is 24.0 Å². The second-order valence-corrected chi connectivity index (χ2v) is 5.58. The van der Waals surface area contributed by atoms with Crippen LogP contribution in [0, 0.1) is 0 Å². The number of hydrogen-bond acceptors (Lipinski definition) is 3. The lowest BCUT2D eigenvalue weighted by atomic mass is 10.1. The van der Waals surface area contributed by atoms with Gasteiger partial charge < -0.3 is 20.1 Å². The van der Waals surface area contributed by atoms with Gasteiger partial charge in [-0.25, -0.2) is 0 Å². The molecule has 2 rings (SSSR count). The number of benzene rings is 2. The number of ether oxygens (including phenoxy) is 2. The van der Waals surface area contributed by atoms with Crippen molar-refractivity contribution < 1.29 is 9.47 Å². The molecule has 1 atom stereocenters. The summed E-state index contributed by atoms with van der Waals surface area (Å²) in [4.78, 5) is 4.27. The zero-order chi connectivity index (χ0) is 17.9. The summed E-state index contributed by atoms with van der Waals surface area (Å²) in [6.07, 6.45) is 0.839.